The second kappa shape index (κ2) is 18.9. The van der Waals surface area contributed by atoms with E-state index in [1.165, 1.54) is 24.1 Å². The molecule has 296 valence electrons. The van der Waals surface area contributed by atoms with Gasteiger partial charge in [0, 0.05) is 75.8 Å². The number of aromatic nitrogens is 1. The van der Waals surface area contributed by atoms with Crippen LogP contribution < -0.4 is 32.0 Å². The summed E-state index contributed by atoms with van der Waals surface area (Å²) >= 11 is 0. The minimum atomic E-state index is -1.39. The van der Waals surface area contributed by atoms with Crippen LogP contribution in [0.2, 0.25) is 0 Å². The number of nitrogens with zero attached hydrogens (tertiary/aromatic N) is 3. The molecule has 4 rings (SSSR count). The Hall–Kier alpha value is -6.00. The first-order valence-corrected chi connectivity index (χ1v) is 18.1. The van der Waals surface area contributed by atoms with E-state index in [9.17, 15) is 38.7 Å². The number of fused-ring (bicyclic) bond motifs is 1. The number of aromatic carboxylic acids is 1. The van der Waals surface area contributed by atoms with Crippen molar-refractivity contribution in [1.29, 1.82) is 0 Å². The highest BCUT2D eigenvalue weighted by atomic mass is 19.1. The third-order valence-electron chi connectivity index (χ3n) is 9.40. The van der Waals surface area contributed by atoms with Crippen molar-refractivity contribution >= 4 is 58.0 Å². The van der Waals surface area contributed by atoms with E-state index < -0.39 is 52.8 Å². The van der Waals surface area contributed by atoms with E-state index in [0.29, 0.717) is 29.7 Å². The van der Waals surface area contributed by atoms with Crippen LogP contribution in [-0.2, 0) is 32.3 Å². The molecule has 1 aliphatic heterocycles. The normalized spacial score (nSPS) is 13.9. The van der Waals surface area contributed by atoms with Crippen LogP contribution in [0.4, 0.5) is 25.4 Å². The number of Topliss-reactive ketones (excluding diaryl/α,β-unsaturated/α-hetero) is 1. The molecule has 2 heterocycles. The SMILES string of the molecule is CCn1cc(C(=O)O)c(=O)c2cc(F)c(N3CCN(C(=O)OCc4ccc(NC(=O)[C@H](CCCNC(N)=O)CC(=O)[C@@H](NC(C)=O)C(C)C)cc4)CC3)cc21. The largest absolute Gasteiger partial charge is 0.477 e. The maximum absolute atomic E-state index is 15.3. The van der Waals surface area contributed by atoms with E-state index in [0.717, 1.165) is 6.07 Å². The Kier molecular flexibility index (Phi) is 14.3. The van der Waals surface area contributed by atoms with Crippen molar-refractivity contribution in [2.75, 3.05) is 42.9 Å². The van der Waals surface area contributed by atoms with Crippen molar-refractivity contribution in [2.45, 2.75) is 66.2 Å². The zero-order valence-corrected chi connectivity index (χ0v) is 31.4. The van der Waals surface area contributed by atoms with E-state index in [1.807, 2.05) is 0 Å². The minimum absolute atomic E-state index is 0.0252. The van der Waals surface area contributed by atoms with Gasteiger partial charge in [0.25, 0.3) is 0 Å². The van der Waals surface area contributed by atoms with Crippen molar-refractivity contribution in [3.63, 3.8) is 0 Å². The van der Waals surface area contributed by atoms with E-state index in [1.54, 1.807) is 54.5 Å². The van der Waals surface area contributed by atoms with E-state index in [-0.39, 0.29) is 80.9 Å². The molecule has 1 fully saturated rings. The molecule has 2 aromatic carbocycles. The van der Waals surface area contributed by atoms with Gasteiger partial charge in [0.05, 0.1) is 17.2 Å². The lowest BCUT2D eigenvalue weighted by atomic mass is 9.89. The van der Waals surface area contributed by atoms with Crippen LogP contribution in [0.3, 0.4) is 0 Å². The Morgan fingerprint density at radius 1 is 1.02 bits per heavy atom. The van der Waals surface area contributed by atoms with Gasteiger partial charge in [-0.2, -0.15) is 0 Å². The number of primary amides is 1. The van der Waals surface area contributed by atoms with Crippen molar-refractivity contribution in [2.24, 2.45) is 17.6 Å². The van der Waals surface area contributed by atoms with Crippen molar-refractivity contribution in [1.82, 2.24) is 20.1 Å². The second-order valence-corrected chi connectivity index (χ2v) is 13.7. The van der Waals surface area contributed by atoms with Crippen LogP contribution in [0.5, 0.6) is 0 Å². The molecule has 3 aromatic rings. The number of halogens is 1. The Morgan fingerprint density at radius 2 is 1.69 bits per heavy atom. The lowest BCUT2D eigenvalue weighted by molar-refractivity contribution is -0.130. The Balaban J connectivity index is 1.32. The molecule has 55 heavy (non-hydrogen) atoms. The quantitative estimate of drug-likeness (QED) is 0.134. The summed E-state index contributed by atoms with van der Waals surface area (Å²) < 4.78 is 22.4. The highest BCUT2D eigenvalue weighted by Crippen LogP contribution is 2.27. The van der Waals surface area contributed by atoms with Gasteiger partial charge in [0.1, 0.15) is 18.0 Å². The van der Waals surface area contributed by atoms with Crippen LogP contribution in [0.25, 0.3) is 10.9 Å². The number of carbonyl (C=O) groups excluding carboxylic acids is 5. The van der Waals surface area contributed by atoms with Crippen molar-refractivity contribution in [3.8, 4) is 0 Å². The number of amides is 5. The van der Waals surface area contributed by atoms with Gasteiger partial charge in [0.15, 0.2) is 5.78 Å². The van der Waals surface area contributed by atoms with Crippen LogP contribution in [-0.4, -0.2) is 89.0 Å². The fourth-order valence-corrected chi connectivity index (χ4v) is 6.44. The third-order valence-corrected chi connectivity index (χ3v) is 9.40. The molecule has 0 spiro atoms. The summed E-state index contributed by atoms with van der Waals surface area (Å²) in [7, 11) is 0. The number of ketones is 1. The van der Waals surface area contributed by atoms with Crippen LogP contribution in [0.15, 0.2) is 47.4 Å². The monoisotopic (exact) mass is 765 g/mol. The third kappa shape index (κ3) is 11.0. The summed E-state index contributed by atoms with van der Waals surface area (Å²) in [5, 5.41) is 17.3. The average Bonchev–Trinajstić information content (AvgIpc) is 3.14. The highest BCUT2D eigenvalue weighted by Gasteiger charge is 2.29. The summed E-state index contributed by atoms with van der Waals surface area (Å²) in [5.41, 5.74) is 5.68. The number of benzene rings is 2. The number of pyridine rings is 1. The number of urea groups is 1. The van der Waals surface area contributed by atoms with Gasteiger partial charge < -0.3 is 45.9 Å². The number of rotatable bonds is 16. The number of nitrogens with two attached hydrogens (primary N) is 1. The molecule has 1 aromatic heterocycles. The molecule has 0 bridgehead atoms. The van der Waals surface area contributed by atoms with E-state index in [4.69, 9.17) is 10.5 Å². The Labute approximate surface area is 317 Å². The molecule has 0 aliphatic carbocycles. The molecule has 5 amide bonds. The van der Waals surface area contributed by atoms with Gasteiger partial charge in [-0.1, -0.05) is 26.0 Å². The average molecular weight is 766 g/mol. The molecule has 0 radical (unpaired) electrons. The van der Waals surface area contributed by atoms with Gasteiger partial charge in [-0.05, 0) is 55.5 Å². The smallest absolute Gasteiger partial charge is 0.410 e. The van der Waals surface area contributed by atoms with Crippen LogP contribution >= 0.6 is 0 Å². The molecule has 1 aliphatic rings. The van der Waals surface area contributed by atoms with Gasteiger partial charge in [-0.3, -0.25) is 19.2 Å². The standard InChI is InChI=1S/C38H48FN7O9/c1-5-44-20-28(36(51)52)34(49)27-18-29(39)31(19-30(27)44)45-13-15-46(16-14-45)38(54)55-21-24-8-10-26(11-9-24)43-35(50)25(7-6-12-41-37(40)53)17-32(48)33(22(2)3)42-23(4)47/h8-11,18-20,22,25,33H,5-7,12-17,21H2,1-4H3,(H,42,47)(H,43,50)(H,51,52)(H3,40,41,53)/t25-,33+/m1/s1. The van der Waals surface area contributed by atoms with Crippen molar-refractivity contribution in [3.05, 3.63) is 69.8 Å². The maximum atomic E-state index is 15.3. The van der Waals surface area contributed by atoms with Gasteiger partial charge in [-0.15, -0.1) is 0 Å². The number of carbonyl (C=O) groups is 6. The number of piperazine rings is 1. The number of nitrogens with one attached hydrogen (secondary N) is 3. The maximum Gasteiger partial charge on any atom is 0.410 e. The topological polar surface area (TPSA) is 222 Å². The predicted octanol–water partition coefficient (Wildman–Crippen LogP) is 3.44. The van der Waals surface area contributed by atoms with Crippen LogP contribution in [0, 0.1) is 17.7 Å². The fraction of sp³-hybridized carbons (Fsp3) is 0.447. The molecule has 0 unspecified atom stereocenters. The summed E-state index contributed by atoms with van der Waals surface area (Å²) in [5.74, 6) is -4.04. The first kappa shape index (κ1) is 41.8. The first-order chi connectivity index (χ1) is 26.1. The number of hydrogen-bond donors (Lipinski definition) is 5. The fourth-order valence-electron chi connectivity index (χ4n) is 6.44. The number of aryl methyl sites for hydroxylation is 1. The summed E-state index contributed by atoms with van der Waals surface area (Å²) in [6.45, 7) is 8.30. The molecular weight excluding hydrogens is 717 g/mol. The van der Waals surface area contributed by atoms with Gasteiger partial charge in [-0.25, -0.2) is 18.8 Å². The predicted molar refractivity (Wildman–Crippen MR) is 202 cm³/mol. The number of hydrogen-bond acceptors (Lipinski definition) is 9. The summed E-state index contributed by atoms with van der Waals surface area (Å²) in [6.07, 6.45) is 1.23. The Bertz CT molecular complexity index is 1980. The van der Waals surface area contributed by atoms with E-state index >= 15 is 4.39 Å². The van der Waals surface area contributed by atoms with Gasteiger partial charge in [0.2, 0.25) is 17.2 Å². The Morgan fingerprint density at radius 3 is 2.27 bits per heavy atom. The van der Waals surface area contributed by atoms with Crippen LogP contribution in [0.1, 0.15) is 62.9 Å². The minimum Gasteiger partial charge on any atom is -0.477 e. The summed E-state index contributed by atoms with van der Waals surface area (Å²) in [6, 6.07) is 7.78. The van der Waals surface area contributed by atoms with E-state index in [2.05, 4.69) is 16.0 Å². The zero-order chi connectivity index (χ0) is 40.4. The summed E-state index contributed by atoms with van der Waals surface area (Å²) in [4.78, 5) is 89.7. The molecular formula is C38H48FN7O9. The number of anilines is 2. The van der Waals surface area contributed by atoms with Gasteiger partial charge >= 0.3 is 18.1 Å². The van der Waals surface area contributed by atoms with Crippen molar-refractivity contribution < 1.29 is 43.0 Å². The molecule has 2 atom stereocenters. The molecule has 1 saturated heterocycles. The number of carboxylic acid groups (broad SMARTS) is 1. The number of ether oxygens (including phenoxy) is 1. The second-order valence-electron chi connectivity index (χ2n) is 13.7. The lowest BCUT2D eigenvalue weighted by Gasteiger charge is -2.35. The molecule has 6 N–H and O–H groups in total. The highest BCUT2D eigenvalue weighted by molar-refractivity contribution is 5.97. The molecule has 16 nitrogen and oxygen atoms in total. The zero-order valence-electron chi connectivity index (χ0n) is 31.4. The lowest BCUT2D eigenvalue weighted by Crippen LogP contribution is -2.49. The molecule has 0 saturated carbocycles. The number of carboxylic acids is 1. The molecule has 17 heteroatoms. The first-order valence-electron chi connectivity index (χ1n) is 18.1.